The summed E-state index contributed by atoms with van der Waals surface area (Å²) in [5.41, 5.74) is 4.09. The van der Waals surface area contributed by atoms with Gasteiger partial charge in [-0.3, -0.25) is 9.59 Å². The van der Waals surface area contributed by atoms with Gasteiger partial charge in [-0.05, 0) is 43.2 Å². The first-order valence-electron chi connectivity index (χ1n) is 9.96. The van der Waals surface area contributed by atoms with Gasteiger partial charge in [0.15, 0.2) is 5.82 Å². The van der Waals surface area contributed by atoms with Crippen LogP contribution in [0, 0.1) is 6.92 Å². The Morgan fingerprint density at radius 1 is 1.06 bits per heavy atom. The van der Waals surface area contributed by atoms with Crippen molar-refractivity contribution in [3.63, 3.8) is 0 Å². The first-order valence-corrected chi connectivity index (χ1v) is 10.8. The van der Waals surface area contributed by atoms with E-state index in [1.807, 2.05) is 19.1 Å². The largest absolute Gasteiger partial charge is 0.331 e. The Morgan fingerprint density at radius 3 is 2.39 bits per heavy atom. The van der Waals surface area contributed by atoms with Crippen molar-refractivity contribution in [1.29, 1.82) is 0 Å². The van der Waals surface area contributed by atoms with Crippen LogP contribution < -0.4 is 5.32 Å². The minimum Gasteiger partial charge on any atom is -0.331 e. The molecule has 1 N–H and O–H groups in total. The molecule has 6 nitrogen and oxygen atoms in total. The summed E-state index contributed by atoms with van der Waals surface area (Å²) in [6, 6.07) is 15.1. The van der Waals surface area contributed by atoms with Crippen LogP contribution in [0.4, 0.5) is 5.69 Å². The number of nitrogens with one attached hydrogen (secondary N) is 1. The normalized spacial score (nSPS) is 10.8. The van der Waals surface area contributed by atoms with Crippen molar-refractivity contribution in [3.05, 3.63) is 88.4 Å². The first-order chi connectivity index (χ1) is 15.0. The molecule has 0 radical (unpaired) electrons. The van der Waals surface area contributed by atoms with Crippen LogP contribution in [0.1, 0.15) is 44.0 Å². The zero-order valence-electron chi connectivity index (χ0n) is 17.5. The summed E-state index contributed by atoms with van der Waals surface area (Å²) < 4.78 is 1.68. The van der Waals surface area contributed by atoms with Gasteiger partial charge in [0.1, 0.15) is 9.88 Å². The van der Waals surface area contributed by atoms with Gasteiger partial charge in [-0.25, -0.2) is 9.97 Å². The van der Waals surface area contributed by atoms with Crippen molar-refractivity contribution in [3.8, 4) is 10.6 Å². The number of anilines is 1. The number of carbonyl (C=O) groups is 2. The molecular weight excluding hydrogens is 408 g/mol. The van der Waals surface area contributed by atoms with Gasteiger partial charge in [-0.2, -0.15) is 0 Å². The molecular formula is C24H22N4O2S. The molecule has 1 amide bonds. The fraction of sp³-hybridized carbons (Fsp3) is 0.167. The topological polar surface area (TPSA) is 76.9 Å². The van der Waals surface area contributed by atoms with E-state index in [1.165, 1.54) is 16.9 Å². The van der Waals surface area contributed by atoms with Crippen molar-refractivity contribution < 1.29 is 9.59 Å². The molecule has 2 aromatic carbocycles. The molecule has 0 bridgehead atoms. The van der Waals surface area contributed by atoms with Crippen molar-refractivity contribution in [2.75, 3.05) is 5.32 Å². The van der Waals surface area contributed by atoms with E-state index in [4.69, 9.17) is 0 Å². The number of amides is 1. The van der Waals surface area contributed by atoms with Crippen LogP contribution in [-0.4, -0.2) is 26.2 Å². The lowest BCUT2D eigenvalue weighted by Gasteiger charge is -2.06. The Balaban J connectivity index is 1.49. The van der Waals surface area contributed by atoms with E-state index in [2.05, 4.69) is 34.3 Å². The van der Waals surface area contributed by atoms with Crippen LogP contribution in [0.2, 0.25) is 0 Å². The van der Waals surface area contributed by atoms with Gasteiger partial charge in [0, 0.05) is 36.3 Å². The number of imidazole rings is 1. The monoisotopic (exact) mass is 430 g/mol. The van der Waals surface area contributed by atoms with Gasteiger partial charge in [0.25, 0.3) is 5.91 Å². The van der Waals surface area contributed by atoms with Gasteiger partial charge in [0.2, 0.25) is 5.78 Å². The number of thiazole rings is 1. The van der Waals surface area contributed by atoms with Crippen molar-refractivity contribution >= 4 is 28.7 Å². The van der Waals surface area contributed by atoms with Gasteiger partial charge in [-0.1, -0.05) is 31.2 Å². The molecule has 0 aliphatic rings. The molecule has 0 atom stereocenters. The second-order valence-corrected chi connectivity index (χ2v) is 8.21. The summed E-state index contributed by atoms with van der Waals surface area (Å²) in [4.78, 5) is 34.6. The van der Waals surface area contributed by atoms with E-state index >= 15 is 0 Å². The lowest BCUT2D eigenvalue weighted by Crippen LogP contribution is -2.12. The highest BCUT2D eigenvalue weighted by Crippen LogP contribution is 2.29. The van der Waals surface area contributed by atoms with Gasteiger partial charge < -0.3 is 9.88 Å². The van der Waals surface area contributed by atoms with Gasteiger partial charge in [0.05, 0.1) is 5.69 Å². The summed E-state index contributed by atoms with van der Waals surface area (Å²) in [5.74, 6) is -0.00594. The highest BCUT2D eigenvalue weighted by Gasteiger charge is 2.17. The maximum atomic E-state index is 12.8. The Kier molecular flexibility index (Phi) is 5.77. The molecule has 31 heavy (non-hydrogen) atoms. The number of rotatable bonds is 6. The fourth-order valence-electron chi connectivity index (χ4n) is 3.22. The van der Waals surface area contributed by atoms with Crippen molar-refractivity contribution in [2.45, 2.75) is 20.3 Å². The van der Waals surface area contributed by atoms with Crippen LogP contribution in [0.5, 0.6) is 0 Å². The average Bonchev–Trinajstić information content (AvgIpc) is 3.39. The number of aromatic nitrogens is 3. The number of ketones is 1. The Hall–Kier alpha value is -3.58. The second kappa shape index (κ2) is 8.65. The van der Waals surface area contributed by atoms with Crippen LogP contribution in [0.15, 0.2) is 60.9 Å². The third-order valence-electron chi connectivity index (χ3n) is 5.04. The summed E-state index contributed by atoms with van der Waals surface area (Å²) in [7, 11) is 1.78. The molecule has 2 heterocycles. The van der Waals surface area contributed by atoms with E-state index in [0.717, 1.165) is 17.0 Å². The number of carbonyl (C=O) groups excluding carboxylic acids is 2. The molecule has 156 valence electrons. The van der Waals surface area contributed by atoms with Gasteiger partial charge >= 0.3 is 0 Å². The highest BCUT2D eigenvalue weighted by molar-refractivity contribution is 7.17. The molecule has 0 aliphatic heterocycles. The molecule has 0 unspecified atom stereocenters. The van der Waals surface area contributed by atoms with Crippen molar-refractivity contribution in [1.82, 2.24) is 14.5 Å². The Labute approximate surface area is 184 Å². The third kappa shape index (κ3) is 4.32. The Bertz CT molecular complexity index is 1240. The van der Waals surface area contributed by atoms with Crippen LogP contribution in [0.3, 0.4) is 0 Å². The molecule has 0 spiro atoms. The maximum Gasteiger partial charge on any atom is 0.267 e. The molecule has 7 heteroatoms. The summed E-state index contributed by atoms with van der Waals surface area (Å²) in [6.45, 7) is 3.95. The summed E-state index contributed by atoms with van der Waals surface area (Å²) in [5, 5.41) is 3.71. The third-order valence-corrected chi connectivity index (χ3v) is 6.25. The first kappa shape index (κ1) is 20.7. The molecule has 0 aliphatic carbocycles. The van der Waals surface area contributed by atoms with Crippen LogP contribution in [-0.2, 0) is 13.5 Å². The number of benzene rings is 2. The van der Waals surface area contributed by atoms with E-state index in [9.17, 15) is 9.59 Å². The lowest BCUT2D eigenvalue weighted by atomic mass is 10.1. The maximum absolute atomic E-state index is 12.8. The predicted octanol–water partition coefficient (Wildman–Crippen LogP) is 4.90. The van der Waals surface area contributed by atoms with Gasteiger partial charge in [-0.15, -0.1) is 11.3 Å². The minimum atomic E-state index is -0.213. The summed E-state index contributed by atoms with van der Waals surface area (Å²) >= 11 is 1.37. The number of hydrogen-bond donors (Lipinski definition) is 1. The van der Waals surface area contributed by atoms with E-state index in [0.29, 0.717) is 27.6 Å². The molecule has 4 rings (SSSR count). The number of aryl methyl sites for hydroxylation is 3. The van der Waals surface area contributed by atoms with E-state index in [1.54, 1.807) is 48.3 Å². The molecule has 4 aromatic rings. The summed E-state index contributed by atoms with van der Waals surface area (Å²) in [6.07, 6.45) is 4.30. The zero-order valence-corrected chi connectivity index (χ0v) is 18.4. The van der Waals surface area contributed by atoms with E-state index in [-0.39, 0.29) is 11.7 Å². The van der Waals surface area contributed by atoms with Crippen LogP contribution >= 0.6 is 11.3 Å². The molecule has 0 saturated heterocycles. The number of hydrogen-bond acceptors (Lipinski definition) is 5. The second-order valence-electron chi connectivity index (χ2n) is 7.21. The highest BCUT2D eigenvalue weighted by atomic mass is 32.1. The standard InChI is InChI=1S/C24H22N4O2S/c1-4-16-5-7-18(8-6-16)24-26-15(2)21(31-24)23(30)27-19-11-9-17(10-12-19)20(29)22-25-13-14-28(22)3/h5-14H,4H2,1-3H3,(H,27,30). The SMILES string of the molecule is CCc1ccc(-c2nc(C)c(C(=O)Nc3ccc(C(=O)c4nccn4C)cc3)s2)cc1. The van der Waals surface area contributed by atoms with E-state index < -0.39 is 0 Å². The molecule has 0 saturated carbocycles. The van der Waals surface area contributed by atoms with Crippen molar-refractivity contribution in [2.24, 2.45) is 7.05 Å². The lowest BCUT2D eigenvalue weighted by molar-refractivity contribution is 0.102. The average molecular weight is 431 g/mol. The predicted molar refractivity (Wildman–Crippen MR) is 123 cm³/mol. The number of nitrogens with zero attached hydrogens (tertiary/aromatic N) is 3. The Morgan fingerprint density at radius 2 is 1.77 bits per heavy atom. The quantitative estimate of drug-likeness (QED) is 0.442. The smallest absolute Gasteiger partial charge is 0.267 e. The zero-order chi connectivity index (χ0) is 22.0. The van der Waals surface area contributed by atoms with Crippen LogP contribution in [0.25, 0.3) is 10.6 Å². The molecule has 2 aromatic heterocycles. The fourth-order valence-corrected chi connectivity index (χ4v) is 4.19. The molecule has 0 fully saturated rings. The minimum absolute atomic E-state index is 0.164.